The van der Waals surface area contributed by atoms with Crippen molar-refractivity contribution >= 4 is 28.0 Å². The predicted molar refractivity (Wildman–Crippen MR) is 270 cm³/mol. The summed E-state index contributed by atoms with van der Waals surface area (Å²) in [6.45, 7) is 0. The quantitative estimate of drug-likeness (QED) is 0.160. The van der Waals surface area contributed by atoms with Crippen molar-refractivity contribution in [3.63, 3.8) is 0 Å². The molecule has 2 aliphatic rings. The second-order valence-corrected chi connectivity index (χ2v) is 17.2. The molecule has 1 spiro atoms. The molecule has 0 amide bonds. The van der Waals surface area contributed by atoms with E-state index in [0.717, 1.165) is 84.2 Å². The molecule has 0 saturated heterocycles. The van der Waals surface area contributed by atoms with E-state index in [9.17, 15) is 0 Å². The molecule has 0 fully saturated rings. The SMILES string of the molecule is c1ccc(-c2cc(-c3ccccc3)cc(N(c3ccc(-c4ccccc4)c(-c4ccccc4)c3)c3ccc4oc5c(c4c3)Oc3ccccc3C53c4ccccc4-c4ccccc43)c2)cc1. The fraction of sp³-hybridized carbons (Fsp3) is 0.0159. The summed E-state index contributed by atoms with van der Waals surface area (Å²) in [7, 11) is 0. The number of benzene rings is 10. The van der Waals surface area contributed by atoms with E-state index in [4.69, 9.17) is 9.15 Å². The Morgan fingerprint density at radius 3 is 1.41 bits per heavy atom. The molecule has 0 saturated carbocycles. The van der Waals surface area contributed by atoms with Crippen molar-refractivity contribution in [1.29, 1.82) is 0 Å². The first-order valence-electron chi connectivity index (χ1n) is 22.6. The molecule has 11 aromatic rings. The Morgan fingerprint density at radius 1 is 0.318 bits per heavy atom. The van der Waals surface area contributed by atoms with Gasteiger partial charge in [0.25, 0.3) is 0 Å². The van der Waals surface area contributed by atoms with Crippen LogP contribution < -0.4 is 9.64 Å². The maximum absolute atomic E-state index is 7.20. The van der Waals surface area contributed by atoms with Crippen LogP contribution in [0.15, 0.2) is 253 Å². The smallest absolute Gasteiger partial charge is 0.178 e. The van der Waals surface area contributed by atoms with Gasteiger partial charge in [-0.25, -0.2) is 0 Å². The van der Waals surface area contributed by atoms with Crippen molar-refractivity contribution in [3.05, 3.63) is 271 Å². The monoisotopic (exact) mass is 843 g/mol. The molecule has 66 heavy (non-hydrogen) atoms. The number of anilines is 3. The molecule has 0 unspecified atom stereocenters. The van der Waals surface area contributed by atoms with Crippen LogP contribution in [0.4, 0.5) is 17.1 Å². The Labute approximate surface area is 384 Å². The molecule has 3 heteroatoms. The Morgan fingerprint density at radius 2 is 0.803 bits per heavy atom. The minimum atomic E-state index is -0.706. The van der Waals surface area contributed by atoms with Crippen LogP contribution in [0.1, 0.15) is 22.5 Å². The molecular formula is C63H41NO2. The highest BCUT2D eigenvalue weighted by molar-refractivity contribution is 5.98. The average molecular weight is 844 g/mol. The Hall–Kier alpha value is -8.66. The number of fused-ring (bicyclic) bond motifs is 11. The highest BCUT2D eigenvalue weighted by Crippen LogP contribution is 2.64. The fourth-order valence-electron chi connectivity index (χ4n) is 10.6. The van der Waals surface area contributed by atoms with Gasteiger partial charge in [-0.05, 0) is 121 Å². The molecule has 0 bridgehead atoms. The molecule has 0 N–H and O–H groups in total. The zero-order chi connectivity index (χ0) is 43.6. The third kappa shape index (κ3) is 5.91. The molecular weight excluding hydrogens is 803 g/mol. The largest absolute Gasteiger partial charge is 0.455 e. The third-order valence-electron chi connectivity index (χ3n) is 13.5. The summed E-state index contributed by atoms with van der Waals surface area (Å²) in [5, 5.41) is 0.912. The topological polar surface area (TPSA) is 25.6 Å². The number of nitrogens with zero attached hydrogens (tertiary/aromatic N) is 1. The van der Waals surface area contributed by atoms with Crippen LogP contribution in [0.5, 0.6) is 11.5 Å². The van der Waals surface area contributed by atoms with Gasteiger partial charge in [0, 0.05) is 22.6 Å². The molecule has 10 aromatic carbocycles. The summed E-state index contributed by atoms with van der Waals surface area (Å²) in [6.07, 6.45) is 0. The van der Waals surface area contributed by atoms with Crippen molar-refractivity contribution in [2.24, 2.45) is 0 Å². The Kier molecular flexibility index (Phi) is 8.75. The molecule has 3 nitrogen and oxygen atoms in total. The highest BCUT2D eigenvalue weighted by atomic mass is 16.5. The van der Waals surface area contributed by atoms with Gasteiger partial charge in [-0.15, -0.1) is 0 Å². The van der Waals surface area contributed by atoms with E-state index in [1.807, 2.05) is 0 Å². The first-order chi connectivity index (χ1) is 32.7. The summed E-state index contributed by atoms with van der Waals surface area (Å²) in [4.78, 5) is 2.39. The van der Waals surface area contributed by atoms with Crippen LogP contribution >= 0.6 is 0 Å². The second kappa shape index (κ2) is 15.3. The molecule has 1 aromatic heterocycles. The molecule has 13 rings (SSSR count). The van der Waals surface area contributed by atoms with Crippen molar-refractivity contribution in [1.82, 2.24) is 0 Å². The summed E-state index contributed by atoms with van der Waals surface area (Å²) in [6, 6.07) is 89.1. The molecule has 310 valence electrons. The van der Waals surface area contributed by atoms with E-state index in [-0.39, 0.29) is 0 Å². The van der Waals surface area contributed by atoms with Gasteiger partial charge in [0.05, 0.1) is 5.39 Å². The van der Waals surface area contributed by atoms with Gasteiger partial charge in [0.2, 0.25) is 0 Å². The first-order valence-corrected chi connectivity index (χ1v) is 22.6. The van der Waals surface area contributed by atoms with Crippen molar-refractivity contribution in [3.8, 4) is 67.1 Å². The van der Waals surface area contributed by atoms with Crippen molar-refractivity contribution in [2.45, 2.75) is 5.41 Å². The number of para-hydroxylation sites is 1. The van der Waals surface area contributed by atoms with Gasteiger partial charge in [0.1, 0.15) is 16.7 Å². The highest BCUT2D eigenvalue weighted by Gasteiger charge is 2.54. The van der Waals surface area contributed by atoms with E-state index >= 15 is 0 Å². The normalized spacial score (nSPS) is 12.8. The summed E-state index contributed by atoms with van der Waals surface area (Å²) in [5.41, 5.74) is 18.2. The Bertz CT molecular complexity index is 3510. The zero-order valence-electron chi connectivity index (χ0n) is 35.9. The van der Waals surface area contributed by atoms with E-state index in [1.54, 1.807) is 0 Å². The standard InChI is InChI=1S/C63H41NO2/c1-5-19-42(20-6-1)46-37-47(43-21-7-2-8-22-43)39-50(38-46)64(48-33-35-51(44-23-9-3-10-24-44)54(40-48)45-25-11-4-12-26-45)49-34-36-59-55(41-49)61-62(66-59)63(58-31-17-18-32-60(58)65-61)56-29-15-13-27-52(56)53-28-14-16-30-57(53)63/h1-41H. The molecule has 1 aliphatic heterocycles. The molecule has 0 radical (unpaired) electrons. The summed E-state index contributed by atoms with van der Waals surface area (Å²) in [5.74, 6) is 2.37. The van der Waals surface area contributed by atoms with Crippen LogP contribution in [-0.4, -0.2) is 0 Å². The molecule has 1 aliphatic carbocycles. The lowest BCUT2D eigenvalue weighted by molar-refractivity contribution is 0.389. The van der Waals surface area contributed by atoms with Gasteiger partial charge in [-0.2, -0.15) is 0 Å². The van der Waals surface area contributed by atoms with Crippen LogP contribution in [0.2, 0.25) is 0 Å². The van der Waals surface area contributed by atoms with E-state index in [2.05, 4.69) is 254 Å². The van der Waals surface area contributed by atoms with Gasteiger partial charge in [-0.1, -0.05) is 194 Å². The van der Waals surface area contributed by atoms with Crippen LogP contribution in [0, 0.1) is 0 Å². The first kappa shape index (κ1) is 37.9. The number of rotatable bonds is 7. The maximum atomic E-state index is 7.20. The van der Waals surface area contributed by atoms with Crippen LogP contribution in [0.3, 0.4) is 0 Å². The van der Waals surface area contributed by atoms with Gasteiger partial charge in [-0.3, -0.25) is 0 Å². The minimum Gasteiger partial charge on any atom is -0.455 e. The van der Waals surface area contributed by atoms with E-state index in [1.165, 1.54) is 33.4 Å². The molecule has 0 atom stereocenters. The summed E-state index contributed by atoms with van der Waals surface area (Å²) >= 11 is 0. The number of hydrogen-bond donors (Lipinski definition) is 0. The number of furan rings is 1. The third-order valence-corrected chi connectivity index (χ3v) is 13.5. The number of ether oxygens (including phenoxy) is 1. The second-order valence-electron chi connectivity index (χ2n) is 17.2. The summed E-state index contributed by atoms with van der Waals surface area (Å²) < 4.78 is 14.3. The van der Waals surface area contributed by atoms with Crippen molar-refractivity contribution in [2.75, 3.05) is 4.90 Å². The predicted octanol–water partition coefficient (Wildman–Crippen LogP) is 17.0. The zero-order valence-corrected chi connectivity index (χ0v) is 35.9. The van der Waals surface area contributed by atoms with Crippen molar-refractivity contribution < 1.29 is 9.15 Å². The lowest BCUT2D eigenvalue weighted by Crippen LogP contribution is -2.31. The number of hydrogen-bond acceptors (Lipinski definition) is 3. The maximum Gasteiger partial charge on any atom is 0.178 e. The molecule has 2 heterocycles. The van der Waals surface area contributed by atoms with Crippen LogP contribution in [0.25, 0.3) is 66.6 Å². The van der Waals surface area contributed by atoms with Gasteiger partial charge in [0.15, 0.2) is 11.5 Å². The fourth-order valence-corrected chi connectivity index (χ4v) is 10.6. The van der Waals surface area contributed by atoms with Gasteiger partial charge >= 0.3 is 0 Å². The average Bonchev–Trinajstić information content (AvgIpc) is 3.91. The Balaban J connectivity index is 1.08. The van der Waals surface area contributed by atoms with Crippen LogP contribution in [-0.2, 0) is 5.41 Å². The van der Waals surface area contributed by atoms with E-state index < -0.39 is 5.41 Å². The van der Waals surface area contributed by atoms with Gasteiger partial charge < -0.3 is 14.1 Å². The lowest BCUT2D eigenvalue weighted by Gasteiger charge is -2.36. The van der Waals surface area contributed by atoms with E-state index in [0.29, 0.717) is 0 Å². The lowest BCUT2D eigenvalue weighted by atomic mass is 9.69. The minimum absolute atomic E-state index is 0.706.